The Morgan fingerprint density at radius 2 is 2.03 bits per heavy atom. The number of likely N-dealkylation sites (tertiary alicyclic amines) is 1. The van der Waals surface area contributed by atoms with Crippen LogP contribution >= 0.6 is 11.6 Å². The number of carbonyl (C=O) groups excluding carboxylic acids is 1. The Labute approximate surface area is 190 Å². The molecule has 7 nitrogen and oxygen atoms in total. The fourth-order valence-electron chi connectivity index (χ4n) is 4.15. The van der Waals surface area contributed by atoms with Gasteiger partial charge in [0, 0.05) is 28.9 Å². The third-order valence-electron chi connectivity index (χ3n) is 5.66. The van der Waals surface area contributed by atoms with Gasteiger partial charge in [-0.3, -0.25) is 4.79 Å². The van der Waals surface area contributed by atoms with Gasteiger partial charge in [-0.1, -0.05) is 41.9 Å². The van der Waals surface area contributed by atoms with Crippen molar-refractivity contribution in [1.82, 2.24) is 29.6 Å². The summed E-state index contributed by atoms with van der Waals surface area (Å²) in [5.41, 5.74) is 3.29. The molecule has 8 heteroatoms. The van der Waals surface area contributed by atoms with Gasteiger partial charge in [-0.2, -0.15) is 5.10 Å². The fourth-order valence-corrected chi connectivity index (χ4v) is 4.34. The first-order valence-electron chi connectivity index (χ1n) is 10.5. The van der Waals surface area contributed by atoms with Crippen LogP contribution in [-0.2, 0) is 6.54 Å². The number of benzene rings is 2. The summed E-state index contributed by atoms with van der Waals surface area (Å²) in [6.07, 6.45) is 6.69. The van der Waals surface area contributed by atoms with E-state index in [9.17, 15) is 4.79 Å². The van der Waals surface area contributed by atoms with Crippen molar-refractivity contribution in [3.05, 3.63) is 95.3 Å². The molecule has 1 atom stereocenters. The summed E-state index contributed by atoms with van der Waals surface area (Å²) in [4.78, 5) is 28.7. The van der Waals surface area contributed by atoms with Gasteiger partial charge in [-0.25, -0.2) is 19.6 Å². The van der Waals surface area contributed by atoms with Gasteiger partial charge in [-0.15, -0.1) is 0 Å². The molecule has 0 saturated carbocycles. The van der Waals surface area contributed by atoms with Crippen molar-refractivity contribution in [1.29, 1.82) is 0 Å². The first-order chi connectivity index (χ1) is 15.7. The molecule has 1 aliphatic rings. The summed E-state index contributed by atoms with van der Waals surface area (Å²) in [7, 11) is 0. The zero-order chi connectivity index (χ0) is 21.9. The fraction of sp³-hybridized carbons (Fsp3) is 0.208. The van der Waals surface area contributed by atoms with E-state index in [1.807, 2.05) is 59.5 Å². The Morgan fingerprint density at radius 3 is 2.88 bits per heavy atom. The lowest BCUT2D eigenvalue weighted by Gasteiger charge is -2.25. The molecule has 0 bridgehead atoms. The quantitative estimate of drug-likeness (QED) is 0.455. The number of aromatic nitrogens is 5. The van der Waals surface area contributed by atoms with Gasteiger partial charge < -0.3 is 4.90 Å². The summed E-state index contributed by atoms with van der Waals surface area (Å²) in [6.45, 7) is 1.19. The van der Waals surface area contributed by atoms with E-state index in [0.29, 0.717) is 29.5 Å². The maximum atomic E-state index is 13.6. The molecule has 0 aliphatic carbocycles. The van der Waals surface area contributed by atoms with Gasteiger partial charge in [0.2, 0.25) is 0 Å². The van der Waals surface area contributed by atoms with Crippen molar-refractivity contribution in [2.45, 2.75) is 25.4 Å². The molecule has 1 unspecified atom stereocenters. The molecular weight excluding hydrogens is 424 g/mol. The van der Waals surface area contributed by atoms with Crippen LogP contribution in [0.5, 0.6) is 0 Å². The van der Waals surface area contributed by atoms with Crippen molar-refractivity contribution < 1.29 is 4.79 Å². The van der Waals surface area contributed by atoms with Crippen molar-refractivity contribution >= 4 is 17.5 Å². The highest BCUT2D eigenvalue weighted by atomic mass is 35.5. The maximum Gasteiger partial charge on any atom is 0.254 e. The van der Waals surface area contributed by atoms with Gasteiger partial charge in [0.25, 0.3) is 5.91 Å². The van der Waals surface area contributed by atoms with Crippen LogP contribution in [0.4, 0.5) is 0 Å². The van der Waals surface area contributed by atoms with Crippen LogP contribution in [0.2, 0.25) is 5.02 Å². The lowest BCUT2D eigenvalue weighted by atomic mass is 10.0. The lowest BCUT2D eigenvalue weighted by molar-refractivity contribution is 0.0731. The smallest absolute Gasteiger partial charge is 0.254 e. The van der Waals surface area contributed by atoms with E-state index < -0.39 is 0 Å². The van der Waals surface area contributed by atoms with Crippen molar-refractivity contribution in [3.8, 4) is 11.4 Å². The number of carbonyl (C=O) groups is 1. The molecule has 160 valence electrons. The molecule has 1 aliphatic heterocycles. The van der Waals surface area contributed by atoms with E-state index in [4.69, 9.17) is 16.6 Å². The minimum absolute atomic E-state index is 0.00568. The van der Waals surface area contributed by atoms with E-state index in [2.05, 4.69) is 15.1 Å². The van der Waals surface area contributed by atoms with Gasteiger partial charge in [0.05, 0.1) is 18.3 Å². The molecule has 2 aromatic carbocycles. The van der Waals surface area contributed by atoms with Crippen molar-refractivity contribution in [2.75, 3.05) is 6.54 Å². The first-order valence-corrected chi connectivity index (χ1v) is 10.9. The van der Waals surface area contributed by atoms with E-state index in [0.717, 1.165) is 29.7 Å². The average molecular weight is 445 g/mol. The summed E-state index contributed by atoms with van der Waals surface area (Å²) in [5.74, 6) is 0.613. The van der Waals surface area contributed by atoms with Gasteiger partial charge >= 0.3 is 0 Å². The summed E-state index contributed by atoms with van der Waals surface area (Å²) >= 11 is 6.14. The standard InChI is InChI=1S/C24H21ClN6O/c25-19-7-3-6-17(13-19)23-27-11-10-21(29-23)22-9-4-12-31(22)24(32)20-8-2-1-5-18(20)14-30-16-26-15-28-30/h1-3,5-8,10-11,13,15-16,22H,4,9,12,14H2. The summed E-state index contributed by atoms with van der Waals surface area (Å²) < 4.78 is 1.72. The number of nitrogens with zero attached hydrogens (tertiary/aromatic N) is 6. The van der Waals surface area contributed by atoms with Crippen LogP contribution in [0.1, 0.15) is 40.5 Å². The zero-order valence-electron chi connectivity index (χ0n) is 17.3. The SMILES string of the molecule is O=C(c1ccccc1Cn1cncn1)N1CCCC1c1ccnc(-c2cccc(Cl)c2)n1. The number of hydrogen-bond acceptors (Lipinski definition) is 5. The minimum Gasteiger partial charge on any atom is -0.330 e. The molecule has 5 rings (SSSR count). The predicted molar refractivity (Wildman–Crippen MR) is 121 cm³/mol. The summed E-state index contributed by atoms with van der Waals surface area (Å²) in [6, 6.07) is 16.9. The molecule has 0 radical (unpaired) electrons. The number of rotatable bonds is 5. The number of hydrogen-bond donors (Lipinski definition) is 0. The molecule has 1 amide bonds. The molecule has 32 heavy (non-hydrogen) atoms. The van der Waals surface area contributed by atoms with Crippen LogP contribution in [0.25, 0.3) is 11.4 Å². The average Bonchev–Trinajstić information content (AvgIpc) is 3.51. The predicted octanol–water partition coefficient (Wildman–Crippen LogP) is 4.41. The van der Waals surface area contributed by atoms with Crippen LogP contribution in [0, 0.1) is 0 Å². The molecule has 4 aromatic rings. The Bertz CT molecular complexity index is 1240. The second-order valence-corrected chi connectivity index (χ2v) is 8.16. The highest BCUT2D eigenvalue weighted by Gasteiger charge is 2.32. The topological polar surface area (TPSA) is 76.8 Å². The lowest BCUT2D eigenvalue weighted by Crippen LogP contribution is -2.32. The minimum atomic E-state index is -0.0946. The van der Waals surface area contributed by atoms with Gasteiger partial charge in [-0.05, 0) is 42.7 Å². The molecular formula is C24H21ClN6O. The normalized spacial score (nSPS) is 15.8. The summed E-state index contributed by atoms with van der Waals surface area (Å²) in [5, 5.41) is 4.81. The maximum absolute atomic E-state index is 13.6. The second kappa shape index (κ2) is 8.88. The van der Waals surface area contributed by atoms with Crippen molar-refractivity contribution in [3.63, 3.8) is 0 Å². The van der Waals surface area contributed by atoms with E-state index in [1.165, 1.54) is 6.33 Å². The molecule has 1 fully saturated rings. The van der Waals surface area contributed by atoms with E-state index in [1.54, 1.807) is 17.2 Å². The molecule has 2 aromatic heterocycles. The van der Waals surface area contributed by atoms with Crippen LogP contribution in [0.3, 0.4) is 0 Å². The van der Waals surface area contributed by atoms with Gasteiger partial charge in [0.15, 0.2) is 5.82 Å². The van der Waals surface area contributed by atoms with E-state index in [-0.39, 0.29) is 11.9 Å². The Morgan fingerprint density at radius 1 is 1.12 bits per heavy atom. The molecule has 1 saturated heterocycles. The third kappa shape index (κ3) is 4.11. The number of halogens is 1. The molecule has 0 spiro atoms. The van der Waals surface area contributed by atoms with Crippen LogP contribution < -0.4 is 0 Å². The number of amides is 1. The second-order valence-electron chi connectivity index (χ2n) is 7.72. The Hall–Kier alpha value is -3.58. The Balaban J connectivity index is 1.44. The monoisotopic (exact) mass is 444 g/mol. The molecule has 0 N–H and O–H groups in total. The highest BCUT2D eigenvalue weighted by molar-refractivity contribution is 6.30. The first kappa shape index (κ1) is 20.3. The van der Waals surface area contributed by atoms with Gasteiger partial charge in [0.1, 0.15) is 12.7 Å². The largest absolute Gasteiger partial charge is 0.330 e. The Kier molecular flexibility index (Phi) is 5.64. The van der Waals surface area contributed by atoms with Crippen LogP contribution in [-0.4, -0.2) is 42.1 Å². The highest BCUT2D eigenvalue weighted by Crippen LogP contribution is 2.33. The van der Waals surface area contributed by atoms with Crippen LogP contribution in [0.15, 0.2) is 73.4 Å². The third-order valence-corrected chi connectivity index (χ3v) is 5.90. The van der Waals surface area contributed by atoms with E-state index >= 15 is 0 Å². The zero-order valence-corrected chi connectivity index (χ0v) is 18.1. The molecule has 3 heterocycles. The van der Waals surface area contributed by atoms with Crippen molar-refractivity contribution in [2.24, 2.45) is 0 Å².